The number of rotatable bonds is 3. The van der Waals surface area contributed by atoms with Crippen LogP contribution in [-0.2, 0) is 4.79 Å². The van der Waals surface area contributed by atoms with E-state index in [1.165, 1.54) is 0 Å². The number of Topliss-reactive ketones (excluding diaryl/α,β-unsaturated/α-hetero) is 1. The average Bonchev–Trinajstić information content (AvgIpc) is 2.23. The fourth-order valence-corrected chi connectivity index (χ4v) is 1.71. The quantitative estimate of drug-likeness (QED) is 0.626. The van der Waals surface area contributed by atoms with Crippen LogP contribution < -0.4 is 4.74 Å². The zero-order valence-electron chi connectivity index (χ0n) is 9.75. The van der Waals surface area contributed by atoms with Crippen LogP contribution in [0, 0.1) is 20.8 Å². The summed E-state index contributed by atoms with van der Waals surface area (Å²) in [4.78, 5) is 22.2. The molecule has 4 nitrogen and oxygen atoms in total. The lowest BCUT2D eigenvalue weighted by Crippen LogP contribution is -2.16. The standard InChI is InChI=1S/C12H14O4/c1-6-5-9(16-4)7(2)8(3)10(6)11(13)12(14)15/h5H,1-4H3,(H,14,15). The second-order valence-corrected chi connectivity index (χ2v) is 3.66. The molecule has 0 heterocycles. The molecular weight excluding hydrogens is 208 g/mol. The molecule has 0 aliphatic rings. The molecule has 0 saturated carbocycles. The van der Waals surface area contributed by atoms with Crippen molar-refractivity contribution in [3.63, 3.8) is 0 Å². The van der Waals surface area contributed by atoms with Crippen LogP contribution in [0.2, 0.25) is 0 Å². The highest BCUT2D eigenvalue weighted by Crippen LogP contribution is 2.27. The number of methoxy groups -OCH3 is 1. The van der Waals surface area contributed by atoms with Gasteiger partial charge in [-0.25, -0.2) is 4.79 Å². The summed E-state index contributed by atoms with van der Waals surface area (Å²) in [5.74, 6) is -1.64. The molecule has 0 unspecified atom stereocenters. The first-order valence-corrected chi connectivity index (χ1v) is 4.82. The maximum atomic E-state index is 11.5. The minimum atomic E-state index is -1.43. The van der Waals surface area contributed by atoms with Gasteiger partial charge in [0.2, 0.25) is 0 Å². The van der Waals surface area contributed by atoms with Crippen LogP contribution in [-0.4, -0.2) is 24.0 Å². The van der Waals surface area contributed by atoms with E-state index in [-0.39, 0.29) is 5.56 Å². The fourth-order valence-electron chi connectivity index (χ4n) is 1.71. The molecule has 0 atom stereocenters. The fraction of sp³-hybridized carbons (Fsp3) is 0.333. The molecule has 1 rings (SSSR count). The van der Waals surface area contributed by atoms with E-state index in [9.17, 15) is 9.59 Å². The van der Waals surface area contributed by atoms with Crippen LogP contribution in [0.15, 0.2) is 6.07 Å². The lowest BCUT2D eigenvalue weighted by atomic mass is 9.94. The van der Waals surface area contributed by atoms with Gasteiger partial charge in [-0.05, 0) is 43.5 Å². The lowest BCUT2D eigenvalue weighted by molar-refractivity contribution is -0.131. The van der Waals surface area contributed by atoms with E-state index in [2.05, 4.69) is 0 Å². The first kappa shape index (κ1) is 12.2. The Balaban J connectivity index is 3.48. The van der Waals surface area contributed by atoms with E-state index >= 15 is 0 Å². The third-order valence-corrected chi connectivity index (χ3v) is 2.69. The maximum absolute atomic E-state index is 11.5. The molecule has 4 heteroatoms. The van der Waals surface area contributed by atoms with Crippen molar-refractivity contribution >= 4 is 11.8 Å². The molecule has 1 N–H and O–H groups in total. The van der Waals surface area contributed by atoms with Crippen LogP contribution in [0.5, 0.6) is 5.75 Å². The Labute approximate surface area is 93.9 Å². The van der Waals surface area contributed by atoms with Gasteiger partial charge in [-0.15, -0.1) is 0 Å². The summed E-state index contributed by atoms with van der Waals surface area (Å²) in [6.45, 7) is 5.22. The Hall–Kier alpha value is -1.84. The van der Waals surface area contributed by atoms with Crippen LogP contribution in [0.25, 0.3) is 0 Å². The molecule has 0 aliphatic carbocycles. The van der Waals surface area contributed by atoms with Crippen molar-refractivity contribution < 1.29 is 19.4 Å². The molecule has 0 amide bonds. The molecule has 0 aromatic heterocycles. The van der Waals surface area contributed by atoms with Crippen LogP contribution in [0.3, 0.4) is 0 Å². The van der Waals surface area contributed by atoms with E-state index in [1.54, 1.807) is 33.9 Å². The first-order valence-electron chi connectivity index (χ1n) is 4.82. The maximum Gasteiger partial charge on any atom is 0.377 e. The highest BCUT2D eigenvalue weighted by Gasteiger charge is 2.21. The topological polar surface area (TPSA) is 63.6 Å². The van der Waals surface area contributed by atoms with Gasteiger partial charge in [0.25, 0.3) is 5.78 Å². The van der Waals surface area contributed by atoms with Gasteiger partial charge in [0.05, 0.1) is 7.11 Å². The molecule has 0 radical (unpaired) electrons. The summed E-state index contributed by atoms with van der Waals surface area (Å²) in [5, 5.41) is 8.72. The summed E-state index contributed by atoms with van der Waals surface area (Å²) >= 11 is 0. The van der Waals surface area contributed by atoms with Gasteiger partial charge in [0.1, 0.15) is 5.75 Å². The Bertz CT molecular complexity index is 461. The summed E-state index contributed by atoms with van der Waals surface area (Å²) in [5.41, 5.74) is 2.32. The number of ketones is 1. The van der Waals surface area contributed by atoms with Crippen molar-refractivity contribution in [3.8, 4) is 5.75 Å². The van der Waals surface area contributed by atoms with Gasteiger partial charge in [-0.1, -0.05) is 0 Å². The highest BCUT2D eigenvalue weighted by molar-refractivity contribution is 6.40. The van der Waals surface area contributed by atoms with E-state index in [0.717, 1.165) is 5.56 Å². The predicted molar refractivity (Wildman–Crippen MR) is 59.2 cm³/mol. The summed E-state index contributed by atoms with van der Waals surface area (Å²) in [6.07, 6.45) is 0. The van der Waals surface area contributed by atoms with Crippen LogP contribution >= 0.6 is 0 Å². The minimum absolute atomic E-state index is 0.255. The molecule has 1 aromatic carbocycles. The number of aliphatic carboxylic acids is 1. The number of hydrogen-bond acceptors (Lipinski definition) is 3. The number of aryl methyl sites for hydroxylation is 1. The number of carbonyl (C=O) groups is 2. The van der Waals surface area contributed by atoms with E-state index in [1.807, 2.05) is 0 Å². The van der Waals surface area contributed by atoms with Gasteiger partial charge < -0.3 is 9.84 Å². The summed E-state index contributed by atoms with van der Waals surface area (Å²) in [6, 6.07) is 1.68. The first-order chi connectivity index (χ1) is 7.40. The zero-order valence-corrected chi connectivity index (χ0v) is 9.75. The van der Waals surface area contributed by atoms with Gasteiger partial charge >= 0.3 is 5.97 Å². The summed E-state index contributed by atoms with van der Waals surface area (Å²) < 4.78 is 5.14. The van der Waals surface area contributed by atoms with Crippen molar-refractivity contribution in [3.05, 3.63) is 28.3 Å². The molecule has 0 spiro atoms. The predicted octanol–water partition coefficient (Wildman–Crippen LogP) is 1.89. The third kappa shape index (κ3) is 1.91. The number of carboxylic acids is 1. The Morgan fingerprint density at radius 2 is 1.75 bits per heavy atom. The minimum Gasteiger partial charge on any atom is -0.496 e. The molecule has 0 bridgehead atoms. The summed E-state index contributed by atoms with van der Waals surface area (Å²) in [7, 11) is 1.54. The number of carbonyl (C=O) groups excluding carboxylic acids is 1. The van der Waals surface area contributed by atoms with Gasteiger partial charge in [0, 0.05) is 5.56 Å². The largest absolute Gasteiger partial charge is 0.496 e. The van der Waals surface area contributed by atoms with Crippen molar-refractivity contribution in [1.82, 2.24) is 0 Å². The van der Waals surface area contributed by atoms with Crippen LogP contribution in [0.4, 0.5) is 0 Å². The Morgan fingerprint density at radius 1 is 1.19 bits per heavy atom. The number of benzene rings is 1. The Kier molecular flexibility index (Phi) is 3.32. The van der Waals surface area contributed by atoms with Crippen molar-refractivity contribution in [2.45, 2.75) is 20.8 Å². The molecule has 16 heavy (non-hydrogen) atoms. The highest BCUT2D eigenvalue weighted by atomic mass is 16.5. The zero-order chi connectivity index (χ0) is 12.5. The second kappa shape index (κ2) is 4.35. The number of hydrogen-bond donors (Lipinski definition) is 1. The SMILES string of the molecule is COc1cc(C)c(C(=O)C(=O)O)c(C)c1C. The van der Waals surface area contributed by atoms with Crippen LogP contribution in [0.1, 0.15) is 27.0 Å². The Morgan fingerprint density at radius 3 is 2.19 bits per heavy atom. The molecule has 0 fully saturated rings. The van der Waals surface area contributed by atoms with Crippen molar-refractivity contribution in [2.75, 3.05) is 7.11 Å². The third-order valence-electron chi connectivity index (χ3n) is 2.69. The smallest absolute Gasteiger partial charge is 0.377 e. The number of ether oxygens (including phenoxy) is 1. The number of carboxylic acid groups (broad SMARTS) is 1. The van der Waals surface area contributed by atoms with Gasteiger partial charge in [-0.2, -0.15) is 0 Å². The van der Waals surface area contributed by atoms with Crippen molar-refractivity contribution in [1.29, 1.82) is 0 Å². The van der Waals surface area contributed by atoms with Gasteiger partial charge in [0.15, 0.2) is 0 Å². The monoisotopic (exact) mass is 222 g/mol. The van der Waals surface area contributed by atoms with E-state index < -0.39 is 11.8 Å². The average molecular weight is 222 g/mol. The molecule has 86 valence electrons. The van der Waals surface area contributed by atoms with E-state index in [4.69, 9.17) is 9.84 Å². The normalized spacial score (nSPS) is 10.0. The molecule has 0 aliphatic heterocycles. The molecular formula is C12H14O4. The van der Waals surface area contributed by atoms with Crippen molar-refractivity contribution in [2.24, 2.45) is 0 Å². The van der Waals surface area contributed by atoms with E-state index in [0.29, 0.717) is 16.9 Å². The second-order valence-electron chi connectivity index (χ2n) is 3.66. The molecule has 1 aromatic rings. The lowest BCUT2D eigenvalue weighted by Gasteiger charge is -2.13. The molecule has 0 saturated heterocycles. The van der Waals surface area contributed by atoms with Gasteiger partial charge in [-0.3, -0.25) is 4.79 Å².